The zero-order valence-corrected chi connectivity index (χ0v) is 15.5. The summed E-state index contributed by atoms with van der Waals surface area (Å²) in [6.45, 7) is 3.89. The van der Waals surface area contributed by atoms with Crippen LogP contribution in [0.25, 0.3) is 10.6 Å². The van der Waals surface area contributed by atoms with Crippen LogP contribution in [-0.4, -0.2) is 16.4 Å². The maximum absolute atomic E-state index is 13.1. The van der Waals surface area contributed by atoms with E-state index in [-0.39, 0.29) is 17.8 Å². The van der Waals surface area contributed by atoms with E-state index in [1.807, 2.05) is 13.8 Å². The van der Waals surface area contributed by atoms with Crippen LogP contribution in [0.4, 0.5) is 4.39 Å². The van der Waals surface area contributed by atoms with Crippen molar-refractivity contribution in [2.45, 2.75) is 57.5 Å². The number of benzene rings is 1. The molecular formula is C19H24FN3OS. The third-order valence-corrected chi connectivity index (χ3v) is 6.25. The Balaban J connectivity index is 1.75. The van der Waals surface area contributed by atoms with Crippen molar-refractivity contribution >= 4 is 17.2 Å². The molecule has 4 nitrogen and oxygen atoms in total. The Hall–Kier alpha value is -1.79. The molecule has 1 saturated carbocycles. The molecule has 25 heavy (non-hydrogen) atoms. The van der Waals surface area contributed by atoms with Crippen molar-refractivity contribution in [1.29, 1.82) is 0 Å². The fraction of sp³-hybridized carbons (Fsp3) is 0.474. The fourth-order valence-electron chi connectivity index (χ4n) is 3.34. The number of halogens is 1. The van der Waals surface area contributed by atoms with Gasteiger partial charge in [0.2, 0.25) is 5.91 Å². The summed E-state index contributed by atoms with van der Waals surface area (Å²) in [5, 5.41) is 3.90. The number of nitrogens with two attached hydrogens (primary N) is 1. The van der Waals surface area contributed by atoms with Gasteiger partial charge in [-0.2, -0.15) is 0 Å². The largest absolute Gasteiger partial charge is 0.347 e. The number of hydrogen-bond donors (Lipinski definition) is 2. The molecule has 6 heteroatoms. The molecule has 1 amide bonds. The molecule has 1 heterocycles. The van der Waals surface area contributed by atoms with Crippen molar-refractivity contribution < 1.29 is 9.18 Å². The van der Waals surface area contributed by atoms with Crippen LogP contribution in [0.15, 0.2) is 24.3 Å². The van der Waals surface area contributed by atoms with Crippen molar-refractivity contribution in [3.05, 3.63) is 40.7 Å². The van der Waals surface area contributed by atoms with Crippen LogP contribution in [0, 0.1) is 12.7 Å². The minimum atomic E-state index is -0.745. The predicted octanol–water partition coefficient (Wildman–Crippen LogP) is 4.10. The number of amides is 1. The average Bonchev–Trinajstić information content (AvgIpc) is 2.98. The summed E-state index contributed by atoms with van der Waals surface area (Å²) >= 11 is 1.53. The van der Waals surface area contributed by atoms with E-state index in [1.165, 1.54) is 23.5 Å². The number of carbonyl (C=O) groups is 1. The summed E-state index contributed by atoms with van der Waals surface area (Å²) < 4.78 is 13.1. The van der Waals surface area contributed by atoms with Crippen LogP contribution in [-0.2, 0) is 4.79 Å². The zero-order chi connectivity index (χ0) is 18.0. The maximum atomic E-state index is 13.1. The fourth-order valence-corrected chi connectivity index (χ4v) is 4.42. The van der Waals surface area contributed by atoms with Crippen LogP contribution < -0.4 is 11.1 Å². The van der Waals surface area contributed by atoms with Gasteiger partial charge in [0.1, 0.15) is 10.8 Å². The Labute approximate surface area is 151 Å². The number of aryl methyl sites for hydroxylation is 1. The molecule has 1 aliphatic carbocycles. The van der Waals surface area contributed by atoms with E-state index >= 15 is 0 Å². The first-order chi connectivity index (χ1) is 11.9. The third kappa shape index (κ3) is 3.90. The lowest BCUT2D eigenvalue weighted by Gasteiger charge is -2.32. The van der Waals surface area contributed by atoms with E-state index in [9.17, 15) is 9.18 Å². The molecule has 1 aromatic carbocycles. The second-order valence-electron chi connectivity index (χ2n) is 6.89. The summed E-state index contributed by atoms with van der Waals surface area (Å²) in [7, 11) is 0. The van der Waals surface area contributed by atoms with Gasteiger partial charge in [-0.25, -0.2) is 9.37 Å². The summed E-state index contributed by atoms with van der Waals surface area (Å²) in [4.78, 5) is 18.2. The van der Waals surface area contributed by atoms with Gasteiger partial charge in [0.05, 0.1) is 22.2 Å². The molecule has 1 aliphatic rings. The molecule has 0 spiro atoms. The second kappa shape index (κ2) is 7.22. The monoisotopic (exact) mass is 361 g/mol. The van der Waals surface area contributed by atoms with Crippen molar-refractivity contribution in [3.63, 3.8) is 0 Å². The number of thiazole rings is 1. The lowest BCUT2D eigenvalue weighted by molar-refractivity contribution is -0.128. The van der Waals surface area contributed by atoms with Crippen LogP contribution in [0.2, 0.25) is 0 Å². The Morgan fingerprint density at radius 1 is 1.28 bits per heavy atom. The van der Waals surface area contributed by atoms with Crippen LogP contribution >= 0.6 is 11.3 Å². The highest BCUT2D eigenvalue weighted by Crippen LogP contribution is 2.33. The minimum Gasteiger partial charge on any atom is -0.347 e. The summed E-state index contributed by atoms with van der Waals surface area (Å²) in [5.41, 5.74) is 7.33. The molecule has 3 rings (SSSR count). The quantitative estimate of drug-likeness (QED) is 0.861. The molecule has 3 N–H and O–H groups in total. The molecule has 1 atom stereocenters. The van der Waals surface area contributed by atoms with Crippen molar-refractivity contribution in [1.82, 2.24) is 10.3 Å². The number of hydrogen-bond acceptors (Lipinski definition) is 4. The summed E-state index contributed by atoms with van der Waals surface area (Å²) in [6.07, 6.45) is 4.65. The topological polar surface area (TPSA) is 68.0 Å². The molecule has 1 aromatic heterocycles. The molecule has 0 radical (unpaired) electrons. The van der Waals surface area contributed by atoms with E-state index in [2.05, 4.69) is 10.3 Å². The molecule has 1 fully saturated rings. The normalized spacial score (nSPS) is 17.9. The Kier molecular flexibility index (Phi) is 5.20. The minimum absolute atomic E-state index is 0.0733. The van der Waals surface area contributed by atoms with E-state index in [0.717, 1.165) is 53.2 Å². The first-order valence-electron chi connectivity index (χ1n) is 8.72. The van der Waals surface area contributed by atoms with Gasteiger partial charge in [0.25, 0.3) is 0 Å². The van der Waals surface area contributed by atoms with Gasteiger partial charge in [-0.1, -0.05) is 19.3 Å². The Morgan fingerprint density at radius 3 is 2.56 bits per heavy atom. The van der Waals surface area contributed by atoms with Crippen molar-refractivity contribution in [2.24, 2.45) is 5.73 Å². The summed E-state index contributed by atoms with van der Waals surface area (Å²) in [6, 6.07) is 6.15. The first-order valence-corrected chi connectivity index (χ1v) is 9.54. The zero-order valence-electron chi connectivity index (χ0n) is 14.6. The lowest BCUT2D eigenvalue weighted by atomic mass is 9.82. The molecule has 0 saturated heterocycles. The number of nitrogens with one attached hydrogen (secondary N) is 1. The molecule has 134 valence electrons. The highest BCUT2D eigenvalue weighted by atomic mass is 32.1. The van der Waals surface area contributed by atoms with Gasteiger partial charge in [-0.3, -0.25) is 4.79 Å². The van der Waals surface area contributed by atoms with Crippen LogP contribution in [0.3, 0.4) is 0 Å². The summed E-state index contributed by atoms with van der Waals surface area (Å²) in [5.74, 6) is -0.338. The van der Waals surface area contributed by atoms with Gasteiger partial charge in [-0.15, -0.1) is 11.3 Å². The molecule has 1 unspecified atom stereocenters. The van der Waals surface area contributed by atoms with E-state index in [4.69, 9.17) is 5.73 Å². The molecular weight excluding hydrogens is 337 g/mol. The van der Waals surface area contributed by atoms with Crippen LogP contribution in [0.5, 0.6) is 0 Å². The van der Waals surface area contributed by atoms with Gasteiger partial charge < -0.3 is 11.1 Å². The van der Waals surface area contributed by atoms with E-state index in [1.54, 1.807) is 12.1 Å². The second-order valence-corrected chi connectivity index (χ2v) is 7.92. The van der Waals surface area contributed by atoms with Gasteiger partial charge in [0.15, 0.2) is 0 Å². The number of rotatable bonds is 4. The van der Waals surface area contributed by atoms with Gasteiger partial charge in [-0.05, 0) is 51.0 Å². The molecule has 2 aromatic rings. The molecule has 0 aliphatic heterocycles. The first kappa shape index (κ1) is 18.0. The van der Waals surface area contributed by atoms with Crippen molar-refractivity contribution in [3.8, 4) is 10.6 Å². The Morgan fingerprint density at radius 2 is 1.92 bits per heavy atom. The molecule has 0 bridgehead atoms. The number of aromatic nitrogens is 1. The standard InChI is InChI=1S/C19H24FN3OS/c1-12-16(25-17(22-12)14-6-8-15(20)9-7-14)13(2)23-18(24)19(21)10-4-3-5-11-19/h6-9,13H,3-5,10-11,21H2,1-2H3,(H,23,24). The average molecular weight is 361 g/mol. The predicted molar refractivity (Wildman–Crippen MR) is 98.8 cm³/mol. The lowest BCUT2D eigenvalue weighted by Crippen LogP contribution is -2.55. The number of carbonyl (C=O) groups excluding carboxylic acids is 1. The van der Waals surface area contributed by atoms with Crippen LogP contribution in [0.1, 0.15) is 55.6 Å². The van der Waals surface area contributed by atoms with E-state index in [0.29, 0.717) is 0 Å². The SMILES string of the molecule is Cc1nc(-c2ccc(F)cc2)sc1C(C)NC(=O)C1(N)CCCCC1. The third-order valence-electron chi connectivity index (χ3n) is 4.86. The van der Waals surface area contributed by atoms with Gasteiger partial charge in [0, 0.05) is 5.56 Å². The van der Waals surface area contributed by atoms with E-state index < -0.39 is 5.54 Å². The number of nitrogens with zero attached hydrogens (tertiary/aromatic N) is 1. The Bertz CT molecular complexity index is 751. The van der Waals surface area contributed by atoms with Gasteiger partial charge >= 0.3 is 0 Å². The highest BCUT2D eigenvalue weighted by molar-refractivity contribution is 7.15. The van der Waals surface area contributed by atoms with Crippen molar-refractivity contribution in [2.75, 3.05) is 0 Å². The smallest absolute Gasteiger partial charge is 0.240 e. The highest BCUT2D eigenvalue weighted by Gasteiger charge is 2.36. The maximum Gasteiger partial charge on any atom is 0.240 e.